The molecule has 3 N–H and O–H groups in total. The first-order valence-corrected chi connectivity index (χ1v) is 8.42. The quantitative estimate of drug-likeness (QED) is 0.741. The lowest BCUT2D eigenvalue weighted by molar-refractivity contribution is -0.00943. The van der Waals surface area contributed by atoms with Gasteiger partial charge in [-0.05, 0) is 25.5 Å². The molecule has 22 heavy (non-hydrogen) atoms. The molecule has 0 radical (unpaired) electrons. The van der Waals surface area contributed by atoms with Crippen LogP contribution in [0.3, 0.4) is 0 Å². The topological polar surface area (TPSA) is 115 Å². The first kappa shape index (κ1) is 16.7. The summed E-state index contributed by atoms with van der Waals surface area (Å²) in [7, 11) is -4.00. The molecular formula is C14H19NO6S. The molecule has 8 heteroatoms. The molecule has 1 aliphatic heterocycles. The molecule has 2 rings (SSSR count). The van der Waals surface area contributed by atoms with Gasteiger partial charge in [-0.15, -0.1) is 0 Å². The van der Waals surface area contributed by atoms with Crippen molar-refractivity contribution in [2.45, 2.75) is 29.8 Å². The third-order valence-electron chi connectivity index (χ3n) is 3.94. The van der Waals surface area contributed by atoms with Gasteiger partial charge in [-0.3, -0.25) is 0 Å². The number of carbonyl (C=O) groups is 1. The number of hydrogen-bond acceptors (Lipinski definition) is 5. The van der Waals surface area contributed by atoms with Crippen molar-refractivity contribution < 1.29 is 28.5 Å². The van der Waals surface area contributed by atoms with E-state index in [0.29, 0.717) is 0 Å². The van der Waals surface area contributed by atoms with Crippen molar-refractivity contribution >= 4 is 15.9 Å². The predicted molar refractivity (Wildman–Crippen MR) is 78.1 cm³/mol. The predicted octanol–water partition coefficient (Wildman–Crippen LogP) is 0.448. The van der Waals surface area contributed by atoms with Crippen LogP contribution in [-0.4, -0.2) is 59.4 Å². The Kier molecular flexibility index (Phi) is 4.74. The Labute approximate surface area is 128 Å². The van der Waals surface area contributed by atoms with Crippen LogP contribution in [0, 0.1) is 12.8 Å². The van der Waals surface area contributed by atoms with Gasteiger partial charge in [-0.1, -0.05) is 17.7 Å². The van der Waals surface area contributed by atoms with Gasteiger partial charge in [0.2, 0.25) is 9.84 Å². The summed E-state index contributed by atoms with van der Waals surface area (Å²) in [6.45, 7) is 1.69. The fraction of sp³-hybridized carbons (Fsp3) is 0.500. The smallest absolute Gasteiger partial charge is 0.407 e. The highest BCUT2D eigenvalue weighted by molar-refractivity contribution is 7.91. The van der Waals surface area contributed by atoms with Crippen LogP contribution in [-0.2, 0) is 9.84 Å². The Hall–Kier alpha value is -1.64. The van der Waals surface area contributed by atoms with Gasteiger partial charge in [-0.25, -0.2) is 13.2 Å². The van der Waals surface area contributed by atoms with Crippen LogP contribution in [0.25, 0.3) is 0 Å². The molecule has 3 atom stereocenters. The van der Waals surface area contributed by atoms with Crippen molar-refractivity contribution in [3.8, 4) is 0 Å². The van der Waals surface area contributed by atoms with Gasteiger partial charge in [0, 0.05) is 12.5 Å². The van der Waals surface area contributed by atoms with Crippen LogP contribution in [0.4, 0.5) is 4.79 Å². The first-order valence-electron chi connectivity index (χ1n) is 6.88. The molecule has 0 aromatic heterocycles. The van der Waals surface area contributed by atoms with Crippen molar-refractivity contribution in [2.24, 2.45) is 5.92 Å². The molecule has 7 nitrogen and oxygen atoms in total. The number of sulfone groups is 1. The number of aliphatic hydroxyl groups excluding tert-OH is 2. The van der Waals surface area contributed by atoms with Crippen molar-refractivity contribution in [1.29, 1.82) is 0 Å². The van der Waals surface area contributed by atoms with E-state index in [0.717, 1.165) is 10.5 Å². The zero-order valence-corrected chi connectivity index (χ0v) is 12.9. The largest absolute Gasteiger partial charge is 0.465 e. The molecule has 0 spiro atoms. The number of benzene rings is 1. The van der Waals surface area contributed by atoms with Gasteiger partial charge in [0.1, 0.15) is 0 Å². The normalized spacial score (nSPS) is 24.0. The maximum absolute atomic E-state index is 12.4. The van der Waals surface area contributed by atoms with Crippen molar-refractivity contribution in [2.75, 3.05) is 13.1 Å². The van der Waals surface area contributed by atoms with Crippen LogP contribution in [0.2, 0.25) is 0 Å². The molecule has 1 amide bonds. The van der Waals surface area contributed by atoms with Gasteiger partial charge in [0.25, 0.3) is 0 Å². The summed E-state index contributed by atoms with van der Waals surface area (Å²) >= 11 is 0. The minimum Gasteiger partial charge on any atom is -0.465 e. The maximum Gasteiger partial charge on any atom is 0.407 e. The molecule has 1 saturated heterocycles. The van der Waals surface area contributed by atoms with Crippen LogP contribution in [0.5, 0.6) is 0 Å². The second kappa shape index (κ2) is 6.23. The third kappa shape index (κ3) is 3.23. The number of nitrogens with zero attached hydrogens (tertiary/aromatic N) is 1. The second-order valence-electron chi connectivity index (χ2n) is 5.50. The van der Waals surface area contributed by atoms with Gasteiger partial charge in [0.05, 0.1) is 17.5 Å². The average molecular weight is 329 g/mol. The number of aliphatic hydroxyl groups is 2. The molecule has 1 aliphatic rings. The van der Waals surface area contributed by atoms with E-state index in [1.807, 2.05) is 6.92 Å². The zero-order chi connectivity index (χ0) is 16.5. The summed E-state index contributed by atoms with van der Waals surface area (Å²) in [6.07, 6.45) is -2.31. The molecule has 122 valence electrons. The molecule has 0 bridgehead atoms. The molecule has 1 fully saturated rings. The number of aryl methyl sites for hydroxylation is 1. The molecule has 1 aromatic carbocycles. The summed E-state index contributed by atoms with van der Waals surface area (Å²) < 4.78 is 24.8. The number of carboxylic acid groups (broad SMARTS) is 1. The average Bonchev–Trinajstić information content (AvgIpc) is 2.46. The number of hydrogen-bond donors (Lipinski definition) is 3. The highest BCUT2D eigenvalue weighted by Gasteiger charge is 2.40. The highest BCUT2D eigenvalue weighted by Crippen LogP contribution is 2.28. The van der Waals surface area contributed by atoms with E-state index in [2.05, 4.69) is 0 Å². The van der Waals surface area contributed by atoms with Crippen LogP contribution in [0.1, 0.15) is 12.0 Å². The van der Waals surface area contributed by atoms with Crippen LogP contribution < -0.4 is 0 Å². The lowest BCUT2D eigenvalue weighted by Gasteiger charge is -2.36. The number of piperidine rings is 1. The lowest BCUT2D eigenvalue weighted by Crippen LogP contribution is -2.51. The number of amides is 1. The van der Waals surface area contributed by atoms with Gasteiger partial charge in [-0.2, -0.15) is 0 Å². The highest BCUT2D eigenvalue weighted by atomic mass is 32.2. The number of rotatable bonds is 3. The van der Waals surface area contributed by atoms with Gasteiger partial charge in [0.15, 0.2) is 5.44 Å². The van der Waals surface area contributed by atoms with Crippen molar-refractivity contribution in [3.63, 3.8) is 0 Å². The minimum atomic E-state index is -4.00. The molecule has 1 heterocycles. The summed E-state index contributed by atoms with van der Waals surface area (Å²) in [5.41, 5.74) is -0.871. The number of likely N-dealkylation sites (tertiary alicyclic amines) is 1. The minimum absolute atomic E-state index is 0.0153. The summed E-state index contributed by atoms with van der Waals surface area (Å²) in [6, 6.07) is 6.07. The molecule has 0 aliphatic carbocycles. The molecule has 0 saturated carbocycles. The van der Waals surface area contributed by atoms with Crippen molar-refractivity contribution in [3.05, 3.63) is 29.8 Å². The summed E-state index contributed by atoms with van der Waals surface area (Å²) in [4.78, 5) is 11.9. The van der Waals surface area contributed by atoms with Crippen molar-refractivity contribution in [1.82, 2.24) is 4.90 Å². The van der Waals surface area contributed by atoms with E-state index in [4.69, 9.17) is 5.11 Å². The Morgan fingerprint density at radius 3 is 2.41 bits per heavy atom. The fourth-order valence-corrected chi connectivity index (χ4v) is 4.13. The van der Waals surface area contributed by atoms with E-state index in [-0.39, 0.29) is 24.4 Å². The molecular weight excluding hydrogens is 310 g/mol. The Morgan fingerprint density at radius 1 is 1.32 bits per heavy atom. The zero-order valence-electron chi connectivity index (χ0n) is 12.1. The monoisotopic (exact) mass is 329 g/mol. The van der Waals surface area contributed by atoms with Crippen LogP contribution in [0.15, 0.2) is 29.2 Å². The second-order valence-corrected chi connectivity index (χ2v) is 7.54. The maximum atomic E-state index is 12.4. The Balaban J connectivity index is 2.18. The SMILES string of the molecule is Cc1ccc(S(=O)(=O)C(O)C2CCN(C(=O)O)CC2O)cc1. The summed E-state index contributed by atoms with van der Waals surface area (Å²) in [5, 5.41) is 29.1. The van der Waals surface area contributed by atoms with Gasteiger partial charge >= 0.3 is 6.09 Å². The molecule has 1 aromatic rings. The van der Waals surface area contributed by atoms with E-state index in [9.17, 15) is 23.4 Å². The number of β-amino-alcohol motifs (C(OH)–C–C–N with tert-alkyl or cyclic N) is 1. The third-order valence-corrected chi connectivity index (χ3v) is 5.85. The first-order chi connectivity index (χ1) is 10.2. The molecule has 3 unspecified atom stereocenters. The Morgan fingerprint density at radius 2 is 1.91 bits per heavy atom. The summed E-state index contributed by atoms with van der Waals surface area (Å²) in [5.74, 6) is -0.915. The standard InChI is InChI=1S/C14H19NO6S/c1-9-2-4-10(5-3-9)22(20,21)13(17)11-6-7-15(14(18)19)8-12(11)16/h2-5,11-13,16-17H,6-8H2,1H3,(H,18,19). The van der Waals surface area contributed by atoms with E-state index >= 15 is 0 Å². The van der Waals surface area contributed by atoms with Crippen LogP contribution >= 0.6 is 0 Å². The van der Waals surface area contributed by atoms with E-state index in [1.54, 1.807) is 12.1 Å². The fourth-order valence-electron chi connectivity index (χ4n) is 2.55. The van der Waals surface area contributed by atoms with E-state index < -0.39 is 33.4 Å². The van der Waals surface area contributed by atoms with Gasteiger partial charge < -0.3 is 20.2 Å². The lowest BCUT2D eigenvalue weighted by atomic mass is 9.95. The Bertz CT molecular complexity index is 642. The van der Waals surface area contributed by atoms with E-state index in [1.165, 1.54) is 12.1 Å².